The largest absolute Gasteiger partial charge is 0.496 e. The monoisotopic (exact) mass is 379 g/mol. The molecule has 3 aromatic rings. The van der Waals surface area contributed by atoms with Crippen LogP contribution >= 0.6 is 0 Å². The molecule has 0 aliphatic heterocycles. The molecule has 1 heterocycles. The first kappa shape index (κ1) is 19.4. The van der Waals surface area contributed by atoms with Gasteiger partial charge in [0.25, 0.3) is 5.56 Å². The zero-order chi connectivity index (χ0) is 19.9. The molecule has 0 atom stereocenters. The first-order valence-electron chi connectivity index (χ1n) is 8.79. The van der Waals surface area contributed by atoms with Crippen molar-refractivity contribution < 1.29 is 19.4 Å². The number of pyridine rings is 1. The van der Waals surface area contributed by atoms with Gasteiger partial charge >= 0.3 is 0 Å². The Morgan fingerprint density at radius 3 is 2.54 bits per heavy atom. The van der Waals surface area contributed by atoms with E-state index in [4.69, 9.17) is 9.47 Å². The van der Waals surface area contributed by atoms with E-state index in [9.17, 15) is 14.7 Å². The van der Waals surface area contributed by atoms with Gasteiger partial charge in [0.2, 0.25) is 0 Å². The third-order valence-corrected chi connectivity index (χ3v) is 4.31. The summed E-state index contributed by atoms with van der Waals surface area (Å²) in [6.45, 7) is 0.0845. The molecule has 0 aliphatic rings. The third kappa shape index (κ3) is 4.66. The fourth-order valence-electron chi connectivity index (χ4n) is 2.75. The van der Waals surface area contributed by atoms with Crippen molar-refractivity contribution in [1.82, 2.24) is 4.57 Å². The van der Waals surface area contributed by atoms with Crippen LogP contribution in [0, 0.1) is 0 Å². The van der Waals surface area contributed by atoms with Crippen LogP contribution in [0.25, 0.3) is 0 Å². The Morgan fingerprint density at radius 2 is 1.86 bits per heavy atom. The number of aliphatic hydroxyl groups is 1. The van der Waals surface area contributed by atoms with E-state index in [-0.39, 0.29) is 24.5 Å². The van der Waals surface area contributed by atoms with Crippen molar-refractivity contribution in [3.63, 3.8) is 0 Å². The number of carbonyl (C=O) groups is 1. The smallest absolute Gasteiger partial charge is 0.254 e. The lowest BCUT2D eigenvalue weighted by molar-refractivity contribution is 0.0970. The summed E-state index contributed by atoms with van der Waals surface area (Å²) < 4.78 is 12.1. The van der Waals surface area contributed by atoms with Crippen molar-refractivity contribution in [3.8, 4) is 11.5 Å². The Hall–Kier alpha value is -3.38. The number of aliphatic hydroxyl groups excluding tert-OH is 1. The van der Waals surface area contributed by atoms with E-state index in [0.29, 0.717) is 29.2 Å². The number of ketones is 1. The number of Topliss-reactive ketones (excluding diaryl/α,β-unsaturated/α-hetero) is 1. The molecule has 144 valence electrons. The fraction of sp³-hybridized carbons (Fsp3) is 0.182. The van der Waals surface area contributed by atoms with Crippen molar-refractivity contribution in [2.24, 2.45) is 0 Å². The average molecular weight is 379 g/mol. The van der Waals surface area contributed by atoms with E-state index < -0.39 is 0 Å². The maximum absolute atomic E-state index is 12.5. The van der Waals surface area contributed by atoms with Crippen LogP contribution in [0.3, 0.4) is 0 Å². The zero-order valence-corrected chi connectivity index (χ0v) is 15.5. The molecule has 0 fully saturated rings. The lowest BCUT2D eigenvalue weighted by Gasteiger charge is -2.10. The van der Waals surface area contributed by atoms with Gasteiger partial charge in [-0.05, 0) is 17.7 Å². The molecule has 28 heavy (non-hydrogen) atoms. The molecular formula is C22H21NO5. The standard InChI is InChI=1S/C22H21NO5/c1-27-21-11-17(7-8-18(21)14-24)20(25)13-23-10-9-19(12-22(23)26)28-15-16-5-3-2-4-6-16/h2-12,24H,13-15H2,1H3. The predicted octanol–water partition coefficient (Wildman–Crippen LogP) is 2.81. The minimum absolute atomic E-state index is 0.0978. The van der Waals surface area contributed by atoms with E-state index in [1.165, 1.54) is 17.7 Å². The third-order valence-electron chi connectivity index (χ3n) is 4.31. The Bertz CT molecular complexity index is 1010. The lowest BCUT2D eigenvalue weighted by Crippen LogP contribution is -2.23. The van der Waals surface area contributed by atoms with Gasteiger partial charge in [-0.25, -0.2) is 0 Å². The van der Waals surface area contributed by atoms with Crippen LogP contribution in [0.1, 0.15) is 21.5 Å². The molecule has 0 amide bonds. The quantitative estimate of drug-likeness (QED) is 0.609. The number of hydrogen-bond donors (Lipinski definition) is 1. The highest BCUT2D eigenvalue weighted by Crippen LogP contribution is 2.20. The van der Waals surface area contributed by atoms with Crippen LogP contribution in [-0.4, -0.2) is 22.6 Å². The molecule has 2 aromatic carbocycles. The van der Waals surface area contributed by atoms with Crippen LogP contribution in [0.2, 0.25) is 0 Å². The summed E-state index contributed by atoms with van der Waals surface area (Å²) in [5, 5.41) is 9.27. The van der Waals surface area contributed by atoms with Crippen LogP contribution in [0.15, 0.2) is 71.7 Å². The number of rotatable bonds is 8. The molecule has 0 saturated heterocycles. The highest BCUT2D eigenvalue weighted by molar-refractivity contribution is 5.96. The predicted molar refractivity (Wildman–Crippen MR) is 105 cm³/mol. The molecule has 0 spiro atoms. The first-order chi connectivity index (χ1) is 13.6. The van der Waals surface area contributed by atoms with E-state index in [0.717, 1.165) is 5.56 Å². The van der Waals surface area contributed by atoms with Gasteiger partial charge in [0.1, 0.15) is 18.1 Å². The Labute approximate surface area is 162 Å². The van der Waals surface area contributed by atoms with Gasteiger partial charge in [0.05, 0.1) is 20.3 Å². The molecule has 6 nitrogen and oxygen atoms in total. The molecular weight excluding hydrogens is 358 g/mol. The Kier molecular flexibility index (Phi) is 6.24. The van der Waals surface area contributed by atoms with Gasteiger partial charge in [0.15, 0.2) is 5.78 Å². The summed E-state index contributed by atoms with van der Waals surface area (Å²) >= 11 is 0. The molecule has 6 heteroatoms. The zero-order valence-electron chi connectivity index (χ0n) is 15.5. The van der Waals surface area contributed by atoms with Crippen molar-refractivity contribution >= 4 is 5.78 Å². The van der Waals surface area contributed by atoms with Gasteiger partial charge in [-0.15, -0.1) is 0 Å². The molecule has 0 unspecified atom stereocenters. The van der Waals surface area contributed by atoms with Crippen LogP contribution < -0.4 is 15.0 Å². The Morgan fingerprint density at radius 1 is 1.07 bits per heavy atom. The second-order valence-corrected chi connectivity index (χ2v) is 6.21. The number of hydrogen-bond acceptors (Lipinski definition) is 5. The fourth-order valence-corrected chi connectivity index (χ4v) is 2.75. The number of carbonyl (C=O) groups excluding carboxylic acids is 1. The number of aromatic nitrogens is 1. The number of nitrogens with zero attached hydrogens (tertiary/aromatic N) is 1. The van der Waals surface area contributed by atoms with Gasteiger partial charge in [-0.1, -0.05) is 42.5 Å². The summed E-state index contributed by atoms with van der Waals surface area (Å²) in [6, 6.07) is 17.5. The molecule has 1 aromatic heterocycles. The minimum Gasteiger partial charge on any atom is -0.496 e. The number of methoxy groups -OCH3 is 1. The topological polar surface area (TPSA) is 77.8 Å². The van der Waals surface area contributed by atoms with Gasteiger partial charge in [0, 0.05) is 23.4 Å². The minimum atomic E-state index is -0.321. The van der Waals surface area contributed by atoms with Crippen molar-refractivity contribution in [1.29, 1.82) is 0 Å². The average Bonchev–Trinajstić information content (AvgIpc) is 2.74. The summed E-state index contributed by atoms with van der Waals surface area (Å²) in [6.07, 6.45) is 1.54. The molecule has 1 N–H and O–H groups in total. The Balaban J connectivity index is 1.69. The summed E-state index contributed by atoms with van der Waals surface area (Å²) in [5.41, 5.74) is 1.68. The molecule has 0 radical (unpaired) electrons. The normalized spacial score (nSPS) is 10.5. The van der Waals surface area contributed by atoms with Crippen molar-refractivity contribution in [2.45, 2.75) is 19.8 Å². The van der Waals surface area contributed by atoms with E-state index in [1.54, 1.807) is 30.5 Å². The van der Waals surface area contributed by atoms with E-state index >= 15 is 0 Å². The van der Waals surface area contributed by atoms with Gasteiger partial charge in [-0.2, -0.15) is 0 Å². The maximum Gasteiger partial charge on any atom is 0.254 e. The summed E-state index contributed by atoms with van der Waals surface area (Å²) in [4.78, 5) is 24.8. The van der Waals surface area contributed by atoms with Crippen LogP contribution in [0.4, 0.5) is 0 Å². The van der Waals surface area contributed by atoms with E-state index in [1.807, 2.05) is 30.3 Å². The second-order valence-electron chi connectivity index (χ2n) is 6.21. The first-order valence-corrected chi connectivity index (χ1v) is 8.79. The number of ether oxygens (including phenoxy) is 2. The number of benzene rings is 2. The van der Waals surface area contributed by atoms with Gasteiger partial charge < -0.3 is 19.1 Å². The highest BCUT2D eigenvalue weighted by atomic mass is 16.5. The summed E-state index contributed by atoms with van der Waals surface area (Å²) in [5.74, 6) is 0.653. The summed E-state index contributed by atoms with van der Waals surface area (Å²) in [7, 11) is 1.47. The van der Waals surface area contributed by atoms with Crippen LogP contribution in [0.5, 0.6) is 11.5 Å². The van der Waals surface area contributed by atoms with Gasteiger partial charge in [-0.3, -0.25) is 9.59 Å². The van der Waals surface area contributed by atoms with Crippen molar-refractivity contribution in [2.75, 3.05) is 7.11 Å². The highest BCUT2D eigenvalue weighted by Gasteiger charge is 2.12. The lowest BCUT2D eigenvalue weighted by atomic mass is 10.1. The SMILES string of the molecule is COc1cc(C(=O)Cn2ccc(OCc3ccccc3)cc2=O)ccc1CO. The maximum atomic E-state index is 12.5. The van der Waals surface area contributed by atoms with E-state index in [2.05, 4.69) is 0 Å². The second kappa shape index (κ2) is 9.01. The molecule has 0 bridgehead atoms. The van der Waals surface area contributed by atoms with Crippen LogP contribution in [-0.2, 0) is 19.8 Å². The molecule has 3 rings (SSSR count). The molecule has 0 aliphatic carbocycles. The van der Waals surface area contributed by atoms with Crippen molar-refractivity contribution in [3.05, 3.63) is 93.9 Å². The molecule has 0 saturated carbocycles.